The normalized spacial score (nSPS) is 19.4. The Morgan fingerprint density at radius 3 is 3.12 bits per heavy atom. The van der Waals surface area contributed by atoms with Crippen molar-refractivity contribution in [1.29, 1.82) is 5.26 Å². The molecule has 1 atom stereocenters. The van der Waals surface area contributed by atoms with E-state index >= 15 is 0 Å². The molecule has 1 aliphatic carbocycles. The fraction of sp³-hybridized carbons (Fsp3) is 0.357. The summed E-state index contributed by atoms with van der Waals surface area (Å²) < 4.78 is 0. The van der Waals surface area contributed by atoms with E-state index in [4.69, 9.17) is 5.26 Å². The van der Waals surface area contributed by atoms with E-state index in [1.54, 1.807) is 0 Å². The number of nitrogens with one attached hydrogen (secondary N) is 1. The number of allylic oxidation sites excluding steroid dienone is 1. The Hall–Kier alpha value is -1.59. The second kappa shape index (κ2) is 4.96. The zero-order chi connectivity index (χ0) is 11.4. The Labute approximate surface area is 96.6 Å². The minimum atomic E-state index is 0.498. The summed E-state index contributed by atoms with van der Waals surface area (Å²) in [7, 11) is 2.02. The fourth-order valence-corrected chi connectivity index (χ4v) is 2.37. The van der Waals surface area contributed by atoms with E-state index in [1.165, 1.54) is 30.0 Å². The van der Waals surface area contributed by atoms with Crippen LogP contribution in [0.25, 0.3) is 6.08 Å². The van der Waals surface area contributed by atoms with E-state index in [9.17, 15) is 0 Å². The number of fused-ring (bicyclic) bond motifs is 1. The van der Waals surface area contributed by atoms with Crippen molar-refractivity contribution in [3.63, 3.8) is 0 Å². The van der Waals surface area contributed by atoms with E-state index in [0.717, 1.165) is 12.0 Å². The van der Waals surface area contributed by atoms with Crippen molar-refractivity contribution in [3.8, 4) is 6.07 Å². The van der Waals surface area contributed by atoms with Crippen LogP contribution in [0.4, 0.5) is 0 Å². The Morgan fingerprint density at radius 1 is 1.50 bits per heavy atom. The van der Waals surface area contributed by atoms with Gasteiger partial charge in [0.1, 0.15) is 0 Å². The van der Waals surface area contributed by atoms with Gasteiger partial charge in [0.05, 0.1) is 6.07 Å². The maximum atomic E-state index is 8.50. The van der Waals surface area contributed by atoms with Gasteiger partial charge in [0.15, 0.2) is 0 Å². The smallest absolute Gasteiger partial charge is 0.0912 e. The van der Waals surface area contributed by atoms with Crippen LogP contribution in [0.1, 0.15) is 35.6 Å². The van der Waals surface area contributed by atoms with Gasteiger partial charge in [-0.25, -0.2) is 0 Å². The Morgan fingerprint density at radius 2 is 2.38 bits per heavy atom. The lowest BCUT2D eigenvalue weighted by atomic mass is 9.86. The summed E-state index contributed by atoms with van der Waals surface area (Å²) in [4.78, 5) is 0. The average molecular weight is 212 g/mol. The first-order valence-electron chi connectivity index (χ1n) is 5.71. The molecule has 16 heavy (non-hydrogen) atoms. The molecule has 2 heteroatoms. The molecule has 0 amide bonds. The molecule has 0 fully saturated rings. The fourth-order valence-electron chi connectivity index (χ4n) is 2.37. The highest BCUT2D eigenvalue weighted by Crippen LogP contribution is 2.30. The Balaban J connectivity index is 2.32. The predicted molar refractivity (Wildman–Crippen MR) is 65.8 cm³/mol. The third kappa shape index (κ3) is 2.15. The number of rotatable bonds is 2. The number of hydrogen-bond acceptors (Lipinski definition) is 2. The van der Waals surface area contributed by atoms with Crippen LogP contribution < -0.4 is 5.32 Å². The quantitative estimate of drug-likeness (QED) is 0.765. The second-order valence-electron chi connectivity index (χ2n) is 4.15. The van der Waals surface area contributed by atoms with Crippen LogP contribution in [0.3, 0.4) is 0 Å². The lowest BCUT2D eigenvalue weighted by Crippen LogP contribution is -2.21. The van der Waals surface area contributed by atoms with E-state index in [-0.39, 0.29) is 0 Å². The second-order valence-corrected chi connectivity index (χ2v) is 4.15. The molecule has 2 nitrogen and oxygen atoms in total. The van der Waals surface area contributed by atoms with Gasteiger partial charge in [-0.05, 0) is 49.1 Å². The maximum Gasteiger partial charge on any atom is 0.0912 e. The molecule has 0 aromatic heterocycles. The van der Waals surface area contributed by atoms with Gasteiger partial charge in [-0.1, -0.05) is 18.2 Å². The lowest BCUT2D eigenvalue weighted by Gasteiger charge is -2.25. The first-order valence-corrected chi connectivity index (χ1v) is 5.71. The van der Waals surface area contributed by atoms with Crippen LogP contribution in [0.15, 0.2) is 24.3 Å². The Kier molecular flexibility index (Phi) is 3.38. The highest BCUT2D eigenvalue weighted by atomic mass is 14.9. The summed E-state index contributed by atoms with van der Waals surface area (Å²) in [6, 6.07) is 9.00. The molecule has 0 radical (unpaired) electrons. The zero-order valence-corrected chi connectivity index (χ0v) is 9.53. The van der Waals surface area contributed by atoms with Crippen LogP contribution in [-0.2, 0) is 6.42 Å². The van der Waals surface area contributed by atoms with Crippen molar-refractivity contribution in [2.24, 2.45) is 0 Å². The van der Waals surface area contributed by atoms with E-state index < -0.39 is 0 Å². The van der Waals surface area contributed by atoms with Gasteiger partial charge in [0.25, 0.3) is 0 Å². The number of nitriles is 1. The third-order valence-electron chi connectivity index (χ3n) is 3.18. The van der Waals surface area contributed by atoms with Crippen molar-refractivity contribution in [3.05, 3.63) is 41.0 Å². The topological polar surface area (TPSA) is 35.8 Å². The molecule has 1 aliphatic rings. The van der Waals surface area contributed by atoms with Gasteiger partial charge in [0, 0.05) is 12.1 Å². The molecule has 1 N–H and O–H groups in total. The van der Waals surface area contributed by atoms with Crippen LogP contribution in [-0.4, -0.2) is 7.05 Å². The molecule has 1 unspecified atom stereocenters. The van der Waals surface area contributed by atoms with Crippen molar-refractivity contribution in [2.75, 3.05) is 7.05 Å². The van der Waals surface area contributed by atoms with Gasteiger partial charge in [-0.15, -0.1) is 0 Å². The van der Waals surface area contributed by atoms with Crippen LogP contribution in [0.2, 0.25) is 0 Å². The van der Waals surface area contributed by atoms with Gasteiger partial charge < -0.3 is 5.32 Å². The summed E-state index contributed by atoms with van der Waals surface area (Å²) in [5.74, 6) is 0. The number of benzene rings is 1. The summed E-state index contributed by atoms with van der Waals surface area (Å²) in [6.45, 7) is 0. The molecule has 82 valence electrons. The molecule has 0 saturated carbocycles. The van der Waals surface area contributed by atoms with Crippen molar-refractivity contribution >= 4 is 6.08 Å². The van der Waals surface area contributed by atoms with E-state index in [1.807, 2.05) is 19.2 Å². The zero-order valence-electron chi connectivity index (χ0n) is 9.53. The predicted octanol–water partition coefficient (Wildman–Crippen LogP) is 2.82. The molecule has 0 bridgehead atoms. The number of hydrogen-bond donors (Lipinski definition) is 1. The van der Waals surface area contributed by atoms with Crippen LogP contribution in [0.5, 0.6) is 0 Å². The van der Waals surface area contributed by atoms with Gasteiger partial charge in [-0.3, -0.25) is 0 Å². The summed E-state index contributed by atoms with van der Waals surface area (Å²) in [5, 5.41) is 11.9. The molecule has 1 aromatic rings. The molecule has 1 aromatic carbocycles. The van der Waals surface area contributed by atoms with Crippen LogP contribution in [0, 0.1) is 11.3 Å². The standard InChI is InChI=1S/C14H16N2/c1-16-14-6-2-5-12-10-11(4-3-9-15)7-8-13(12)14/h3-4,7-8,10,14,16H,2,5-6H2,1H3/b4-3+. The van der Waals surface area contributed by atoms with E-state index in [0.29, 0.717) is 6.04 Å². The molecule has 0 spiro atoms. The number of aryl methyl sites for hydroxylation is 1. The van der Waals surface area contributed by atoms with Gasteiger partial charge in [0.2, 0.25) is 0 Å². The monoisotopic (exact) mass is 212 g/mol. The summed E-state index contributed by atoms with van der Waals surface area (Å²) >= 11 is 0. The van der Waals surface area contributed by atoms with Crippen molar-refractivity contribution in [1.82, 2.24) is 5.32 Å². The summed E-state index contributed by atoms with van der Waals surface area (Å²) in [6.07, 6.45) is 7.01. The molecule has 0 saturated heterocycles. The molecule has 0 aliphatic heterocycles. The third-order valence-corrected chi connectivity index (χ3v) is 3.18. The maximum absolute atomic E-state index is 8.50. The molecular formula is C14H16N2. The molecule has 0 heterocycles. The van der Waals surface area contributed by atoms with E-state index in [2.05, 4.69) is 23.5 Å². The van der Waals surface area contributed by atoms with Crippen LogP contribution >= 0.6 is 0 Å². The first-order chi connectivity index (χ1) is 7.85. The SMILES string of the molecule is CNC1CCCc2cc(/C=C/C#N)ccc21. The van der Waals surface area contributed by atoms with Crippen molar-refractivity contribution in [2.45, 2.75) is 25.3 Å². The largest absolute Gasteiger partial charge is 0.313 e. The average Bonchev–Trinajstić information content (AvgIpc) is 2.35. The Bertz CT molecular complexity index is 441. The number of nitrogens with zero attached hydrogens (tertiary/aromatic N) is 1. The first kappa shape index (κ1) is 10.9. The highest BCUT2D eigenvalue weighted by Gasteiger charge is 2.18. The lowest BCUT2D eigenvalue weighted by molar-refractivity contribution is 0.496. The van der Waals surface area contributed by atoms with Crippen molar-refractivity contribution < 1.29 is 0 Å². The summed E-state index contributed by atoms with van der Waals surface area (Å²) in [5.41, 5.74) is 3.96. The van der Waals surface area contributed by atoms with Gasteiger partial charge >= 0.3 is 0 Å². The minimum absolute atomic E-state index is 0.498. The highest BCUT2D eigenvalue weighted by molar-refractivity contribution is 5.54. The molecule has 2 rings (SSSR count). The van der Waals surface area contributed by atoms with Gasteiger partial charge in [-0.2, -0.15) is 5.26 Å². The molecular weight excluding hydrogens is 196 g/mol. The minimum Gasteiger partial charge on any atom is -0.313 e.